The van der Waals surface area contributed by atoms with Crippen LogP contribution in [-0.4, -0.2) is 27.1 Å². The second kappa shape index (κ2) is 5.10. The van der Waals surface area contributed by atoms with Gasteiger partial charge in [-0.2, -0.15) is 0 Å². The molecular weight excluding hydrogens is 286 g/mol. The quantitative estimate of drug-likeness (QED) is 0.661. The highest BCUT2D eigenvalue weighted by Gasteiger charge is 2.21. The van der Waals surface area contributed by atoms with E-state index in [-0.39, 0.29) is 4.88 Å². The van der Waals surface area contributed by atoms with Gasteiger partial charge in [-0.25, -0.2) is 9.59 Å². The Hall–Kier alpha value is -2.74. The van der Waals surface area contributed by atoms with Gasteiger partial charge in [-0.05, 0) is 28.6 Å². The highest BCUT2D eigenvalue weighted by molar-refractivity contribution is 7.12. The van der Waals surface area contributed by atoms with Gasteiger partial charge in [-0.1, -0.05) is 6.07 Å². The summed E-state index contributed by atoms with van der Waals surface area (Å²) in [5.74, 6) is -2.47. The number of hydrogen-bond donors (Lipinski definition) is 2. The second-order valence-corrected chi connectivity index (χ2v) is 4.71. The highest BCUT2D eigenvalue weighted by Crippen LogP contribution is 2.30. The molecule has 0 amide bonds. The molecule has 0 saturated heterocycles. The van der Waals surface area contributed by atoms with Crippen molar-refractivity contribution in [2.24, 2.45) is 0 Å². The first-order valence-corrected chi connectivity index (χ1v) is 6.12. The molecule has 0 spiro atoms. The molecule has 0 aliphatic carbocycles. The smallest absolute Gasteiger partial charge is 0.345 e. The molecule has 0 fully saturated rings. The fraction of sp³-hybridized carbons (Fsp3) is 0. The molecule has 1 aromatic carbocycles. The molecule has 1 heterocycles. The van der Waals surface area contributed by atoms with E-state index in [1.54, 1.807) is 5.38 Å². The number of nitro groups is 1. The third kappa shape index (κ3) is 2.50. The van der Waals surface area contributed by atoms with Crippen molar-refractivity contribution >= 4 is 29.0 Å². The van der Waals surface area contributed by atoms with Crippen molar-refractivity contribution in [1.82, 2.24) is 0 Å². The maximum absolute atomic E-state index is 10.9. The molecule has 0 aliphatic heterocycles. The Labute approximate surface area is 115 Å². The van der Waals surface area contributed by atoms with Gasteiger partial charge < -0.3 is 10.2 Å². The Morgan fingerprint density at radius 2 is 1.80 bits per heavy atom. The van der Waals surface area contributed by atoms with Gasteiger partial charge in [0.2, 0.25) is 0 Å². The molecule has 1 aromatic heterocycles. The zero-order valence-corrected chi connectivity index (χ0v) is 10.6. The average Bonchev–Trinajstić information content (AvgIpc) is 2.87. The van der Waals surface area contributed by atoms with Crippen LogP contribution in [0.4, 0.5) is 5.69 Å². The van der Waals surface area contributed by atoms with Crippen LogP contribution < -0.4 is 0 Å². The Morgan fingerprint density at radius 1 is 1.10 bits per heavy atom. The van der Waals surface area contributed by atoms with Gasteiger partial charge in [0.25, 0.3) is 5.69 Å². The van der Waals surface area contributed by atoms with Crippen LogP contribution in [-0.2, 0) is 0 Å². The van der Waals surface area contributed by atoms with Crippen LogP contribution in [0.1, 0.15) is 20.0 Å². The lowest BCUT2D eigenvalue weighted by molar-refractivity contribution is -0.385. The summed E-state index contributed by atoms with van der Waals surface area (Å²) in [5, 5.41) is 30.1. The Bertz CT molecular complexity index is 720. The minimum atomic E-state index is -1.39. The lowest BCUT2D eigenvalue weighted by Gasteiger charge is -2.01. The Morgan fingerprint density at radius 3 is 2.30 bits per heavy atom. The number of nitro benzene ring substituents is 1. The largest absolute Gasteiger partial charge is 0.477 e. The van der Waals surface area contributed by atoms with Crippen LogP contribution in [0.15, 0.2) is 29.6 Å². The summed E-state index contributed by atoms with van der Waals surface area (Å²) in [5.41, 5.74) is -0.0524. The van der Waals surface area contributed by atoms with E-state index in [2.05, 4.69) is 0 Å². The van der Waals surface area contributed by atoms with Crippen molar-refractivity contribution in [2.45, 2.75) is 0 Å². The number of benzene rings is 1. The number of carboxylic acids is 2. The second-order valence-electron chi connectivity index (χ2n) is 3.80. The van der Waals surface area contributed by atoms with Gasteiger partial charge in [-0.15, -0.1) is 11.3 Å². The monoisotopic (exact) mass is 293 g/mol. The summed E-state index contributed by atoms with van der Waals surface area (Å²) in [4.78, 5) is 31.9. The topological polar surface area (TPSA) is 118 Å². The molecule has 102 valence electrons. The summed E-state index contributed by atoms with van der Waals surface area (Å²) in [6, 6.07) is 5.04. The minimum absolute atomic E-state index is 0.102. The SMILES string of the molecule is O=C(O)c1cc(-c2ccc(C(=O)O)c([N+](=O)[O-])c2)cs1. The van der Waals surface area contributed by atoms with Crippen LogP contribution in [0.3, 0.4) is 0 Å². The first-order chi connectivity index (χ1) is 9.40. The van der Waals surface area contributed by atoms with E-state index >= 15 is 0 Å². The molecule has 0 atom stereocenters. The summed E-state index contributed by atoms with van der Waals surface area (Å²) in [6.07, 6.45) is 0. The van der Waals surface area contributed by atoms with Crippen LogP contribution >= 0.6 is 11.3 Å². The minimum Gasteiger partial charge on any atom is -0.477 e. The molecule has 0 unspecified atom stereocenters. The normalized spacial score (nSPS) is 10.2. The Balaban J connectivity index is 2.52. The van der Waals surface area contributed by atoms with Gasteiger partial charge in [0.1, 0.15) is 10.4 Å². The number of thiophene rings is 1. The molecule has 20 heavy (non-hydrogen) atoms. The first kappa shape index (κ1) is 13.7. The van der Waals surface area contributed by atoms with Crippen molar-refractivity contribution in [3.05, 3.63) is 50.2 Å². The standard InChI is InChI=1S/C12H7NO6S/c14-11(15)8-2-1-6(3-9(8)13(18)19)7-4-10(12(16)17)20-5-7/h1-5H,(H,14,15)(H,16,17). The summed E-state index contributed by atoms with van der Waals surface area (Å²) >= 11 is 0.992. The lowest BCUT2D eigenvalue weighted by atomic mass is 10.0. The molecular formula is C12H7NO6S. The third-order valence-electron chi connectivity index (χ3n) is 2.57. The number of aromatic carboxylic acids is 2. The van der Waals surface area contributed by atoms with E-state index in [1.165, 1.54) is 12.1 Å². The highest BCUT2D eigenvalue weighted by atomic mass is 32.1. The fourth-order valence-electron chi connectivity index (χ4n) is 1.64. The average molecular weight is 293 g/mol. The summed E-state index contributed by atoms with van der Waals surface area (Å²) in [7, 11) is 0. The van der Waals surface area contributed by atoms with Gasteiger partial charge in [0.05, 0.1) is 4.92 Å². The van der Waals surface area contributed by atoms with Crippen molar-refractivity contribution in [3.63, 3.8) is 0 Å². The number of nitrogens with zero attached hydrogens (tertiary/aromatic N) is 1. The van der Waals surface area contributed by atoms with Gasteiger partial charge >= 0.3 is 11.9 Å². The molecule has 0 bridgehead atoms. The van der Waals surface area contributed by atoms with Crippen molar-refractivity contribution in [1.29, 1.82) is 0 Å². The predicted octanol–water partition coefficient (Wildman–Crippen LogP) is 2.72. The van der Waals surface area contributed by atoms with Gasteiger partial charge in [0, 0.05) is 6.07 Å². The van der Waals surface area contributed by atoms with Gasteiger partial charge in [-0.3, -0.25) is 10.1 Å². The summed E-state index contributed by atoms with van der Waals surface area (Å²) in [6.45, 7) is 0. The lowest BCUT2D eigenvalue weighted by Crippen LogP contribution is -2.02. The van der Waals surface area contributed by atoms with Gasteiger partial charge in [0.15, 0.2) is 0 Å². The Kier molecular flexibility index (Phi) is 3.49. The van der Waals surface area contributed by atoms with E-state index in [4.69, 9.17) is 10.2 Å². The van der Waals surface area contributed by atoms with Crippen LogP contribution in [0.5, 0.6) is 0 Å². The van der Waals surface area contributed by atoms with Crippen molar-refractivity contribution < 1.29 is 24.7 Å². The predicted molar refractivity (Wildman–Crippen MR) is 70.3 cm³/mol. The van der Waals surface area contributed by atoms with E-state index in [0.29, 0.717) is 11.1 Å². The fourth-order valence-corrected chi connectivity index (χ4v) is 2.40. The zero-order valence-electron chi connectivity index (χ0n) is 9.77. The van der Waals surface area contributed by atoms with Crippen LogP contribution in [0.2, 0.25) is 0 Å². The molecule has 2 rings (SSSR count). The van der Waals surface area contributed by atoms with E-state index in [9.17, 15) is 19.7 Å². The molecule has 8 heteroatoms. The molecule has 0 radical (unpaired) electrons. The molecule has 0 saturated carbocycles. The van der Waals surface area contributed by atoms with Crippen molar-refractivity contribution in [3.8, 4) is 11.1 Å². The van der Waals surface area contributed by atoms with E-state index in [1.807, 2.05) is 0 Å². The maximum atomic E-state index is 10.9. The van der Waals surface area contributed by atoms with Crippen LogP contribution in [0, 0.1) is 10.1 Å². The first-order valence-electron chi connectivity index (χ1n) is 5.24. The maximum Gasteiger partial charge on any atom is 0.345 e. The number of carboxylic acid groups (broad SMARTS) is 2. The van der Waals surface area contributed by atoms with E-state index < -0.39 is 28.1 Å². The summed E-state index contributed by atoms with van der Waals surface area (Å²) < 4.78 is 0. The molecule has 2 N–H and O–H groups in total. The molecule has 7 nitrogen and oxygen atoms in total. The number of carbonyl (C=O) groups is 2. The number of rotatable bonds is 4. The van der Waals surface area contributed by atoms with Crippen LogP contribution in [0.25, 0.3) is 11.1 Å². The van der Waals surface area contributed by atoms with Crippen molar-refractivity contribution in [2.75, 3.05) is 0 Å². The molecule has 2 aromatic rings. The zero-order chi connectivity index (χ0) is 14.9. The number of hydrogen-bond acceptors (Lipinski definition) is 5. The van der Waals surface area contributed by atoms with E-state index in [0.717, 1.165) is 23.5 Å². The molecule has 0 aliphatic rings. The third-order valence-corrected chi connectivity index (χ3v) is 3.49.